The zero-order valence-electron chi connectivity index (χ0n) is 12.8. The minimum Gasteiger partial charge on any atom is -0.361 e. The van der Waals surface area contributed by atoms with E-state index in [2.05, 4.69) is 39.6 Å². The van der Waals surface area contributed by atoms with E-state index in [9.17, 15) is 4.79 Å². The Kier molecular flexibility index (Phi) is 4.24. The molecule has 3 heterocycles. The monoisotopic (exact) mass is 303 g/mol. The van der Waals surface area contributed by atoms with Gasteiger partial charge in [-0.15, -0.1) is 0 Å². The first-order chi connectivity index (χ1) is 10.6. The van der Waals surface area contributed by atoms with Crippen molar-refractivity contribution in [3.63, 3.8) is 0 Å². The average molecular weight is 303 g/mol. The number of aromatic nitrogens is 3. The van der Waals surface area contributed by atoms with Crippen LogP contribution in [0.25, 0.3) is 0 Å². The van der Waals surface area contributed by atoms with Crippen molar-refractivity contribution < 1.29 is 9.32 Å². The number of H-pyrrole nitrogens is 1. The van der Waals surface area contributed by atoms with Gasteiger partial charge in [-0.2, -0.15) is 0 Å². The normalized spacial score (nSPS) is 17.5. The third-order valence-electron chi connectivity index (χ3n) is 3.67. The molecule has 1 atom stereocenters. The Bertz CT molecular complexity index is 646. The van der Waals surface area contributed by atoms with Crippen LogP contribution in [0.3, 0.4) is 0 Å². The van der Waals surface area contributed by atoms with Crippen molar-refractivity contribution in [2.75, 3.05) is 6.54 Å². The highest BCUT2D eigenvalue weighted by Crippen LogP contribution is 2.19. The Balaban J connectivity index is 1.58. The molecule has 2 aromatic rings. The predicted molar refractivity (Wildman–Crippen MR) is 79.9 cm³/mol. The Morgan fingerprint density at radius 2 is 2.41 bits per heavy atom. The van der Waals surface area contributed by atoms with Gasteiger partial charge in [-0.25, -0.2) is 4.98 Å². The molecule has 1 aliphatic rings. The van der Waals surface area contributed by atoms with E-state index in [0.717, 1.165) is 42.2 Å². The summed E-state index contributed by atoms with van der Waals surface area (Å²) in [6.45, 7) is 5.37. The summed E-state index contributed by atoms with van der Waals surface area (Å²) >= 11 is 0. The zero-order valence-corrected chi connectivity index (χ0v) is 12.8. The fourth-order valence-electron chi connectivity index (χ4n) is 2.65. The van der Waals surface area contributed by atoms with Crippen LogP contribution in [0.5, 0.6) is 0 Å². The van der Waals surface area contributed by atoms with Crippen LogP contribution < -0.4 is 10.6 Å². The van der Waals surface area contributed by atoms with Gasteiger partial charge in [0, 0.05) is 31.1 Å². The summed E-state index contributed by atoms with van der Waals surface area (Å²) in [7, 11) is 0. The number of amides is 1. The van der Waals surface area contributed by atoms with Crippen molar-refractivity contribution in [3.8, 4) is 0 Å². The third kappa shape index (κ3) is 3.19. The lowest BCUT2D eigenvalue weighted by atomic mass is 10.1. The molecule has 1 amide bonds. The molecule has 0 unspecified atom stereocenters. The highest BCUT2D eigenvalue weighted by Gasteiger charge is 2.28. The summed E-state index contributed by atoms with van der Waals surface area (Å²) in [5, 5.41) is 10.1. The molecule has 0 radical (unpaired) electrons. The number of carbonyl (C=O) groups is 1. The third-order valence-corrected chi connectivity index (χ3v) is 3.67. The van der Waals surface area contributed by atoms with Gasteiger partial charge in [0.25, 0.3) is 0 Å². The topological polar surface area (TPSA) is 95.8 Å². The first-order valence-corrected chi connectivity index (χ1v) is 7.61. The maximum absolute atomic E-state index is 12.3. The quantitative estimate of drug-likeness (QED) is 0.768. The SMILES string of the molecule is CC(C)Cc1cc(CNC(=O)[C@@H]2NCCc3[nH]cnc32)no1. The first-order valence-electron chi connectivity index (χ1n) is 7.61. The van der Waals surface area contributed by atoms with E-state index in [1.807, 2.05) is 6.07 Å². The predicted octanol–water partition coefficient (Wildman–Crippen LogP) is 1.10. The van der Waals surface area contributed by atoms with E-state index in [1.165, 1.54) is 0 Å². The van der Waals surface area contributed by atoms with Crippen molar-refractivity contribution >= 4 is 5.91 Å². The molecule has 0 bridgehead atoms. The van der Waals surface area contributed by atoms with E-state index < -0.39 is 6.04 Å². The van der Waals surface area contributed by atoms with Crippen molar-refractivity contribution in [2.45, 2.75) is 39.3 Å². The Morgan fingerprint density at radius 3 is 3.23 bits per heavy atom. The highest BCUT2D eigenvalue weighted by atomic mass is 16.5. The standard InChI is InChI=1S/C15H21N5O2/c1-9(2)5-11-6-10(20-22-11)7-17-15(21)14-13-12(3-4-16-14)18-8-19-13/h6,8-9,14,16H,3-5,7H2,1-2H3,(H,17,21)(H,18,19)/t14-/m1/s1. The Morgan fingerprint density at radius 1 is 1.55 bits per heavy atom. The lowest BCUT2D eigenvalue weighted by Crippen LogP contribution is -2.41. The zero-order chi connectivity index (χ0) is 15.5. The highest BCUT2D eigenvalue weighted by molar-refractivity contribution is 5.83. The van der Waals surface area contributed by atoms with Crippen molar-refractivity contribution in [2.24, 2.45) is 5.92 Å². The van der Waals surface area contributed by atoms with Gasteiger partial charge in [0.15, 0.2) is 0 Å². The Hall–Kier alpha value is -2.15. The summed E-state index contributed by atoms with van der Waals surface area (Å²) in [5.41, 5.74) is 2.55. The second-order valence-corrected chi connectivity index (χ2v) is 6.00. The van der Waals surface area contributed by atoms with Gasteiger partial charge in [-0.3, -0.25) is 4.79 Å². The van der Waals surface area contributed by atoms with E-state index in [-0.39, 0.29) is 5.91 Å². The number of aromatic amines is 1. The van der Waals surface area contributed by atoms with Crippen molar-refractivity contribution in [1.82, 2.24) is 25.8 Å². The number of hydrogen-bond donors (Lipinski definition) is 3. The van der Waals surface area contributed by atoms with Gasteiger partial charge >= 0.3 is 0 Å². The van der Waals surface area contributed by atoms with Gasteiger partial charge < -0.3 is 20.1 Å². The summed E-state index contributed by atoms with van der Waals surface area (Å²) in [6.07, 6.45) is 3.34. The molecule has 0 saturated heterocycles. The summed E-state index contributed by atoms with van der Waals surface area (Å²) in [5.74, 6) is 1.27. The lowest BCUT2D eigenvalue weighted by molar-refractivity contribution is -0.123. The van der Waals surface area contributed by atoms with Crippen molar-refractivity contribution in [3.05, 3.63) is 35.2 Å². The molecule has 0 fully saturated rings. The van der Waals surface area contributed by atoms with Crippen LogP contribution in [0.4, 0.5) is 0 Å². The second kappa shape index (κ2) is 6.31. The fraction of sp³-hybridized carbons (Fsp3) is 0.533. The number of nitrogens with one attached hydrogen (secondary N) is 3. The number of carbonyl (C=O) groups excluding carboxylic acids is 1. The number of fused-ring (bicyclic) bond motifs is 1. The van der Waals surface area contributed by atoms with E-state index in [1.54, 1.807) is 6.33 Å². The molecule has 3 N–H and O–H groups in total. The van der Waals surface area contributed by atoms with Crippen LogP contribution in [0.15, 0.2) is 16.9 Å². The molecule has 7 nitrogen and oxygen atoms in total. The molecule has 22 heavy (non-hydrogen) atoms. The van der Waals surface area contributed by atoms with Crippen LogP contribution in [-0.2, 0) is 24.2 Å². The molecule has 2 aromatic heterocycles. The summed E-state index contributed by atoms with van der Waals surface area (Å²) < 4.78 is 5.26. The van der Waals surface area contributed by atoms with Crippen LogP contribution in [0, 0.1) is 5.92 Å². The molecule has 7 heteroatoms. The molecule has 1 aliphatic heterocycles. The average Bonchev–Trinajstić information content (AvgIpc) is 3.12. The largest absolute Gasteiger partial charge is 0.361 e. The molecule has 0 aromatic carbocycles. The second-order valence-electron chi connectivity index (χ2n) is 6.00. The Labute approximate surface area is 128 Å². The maximum Gasteiger partial charge on any atom is 0.243 e. The lowest BCUT2D eigenvalue weighted by Gasteiger charge is -2.21. The number of imidazole rings is 1. The molecule has 0 saturated carbocycles. The maximum atomic E-state index is 12.3. The molecule has 118 valence electrons. The molecule has 3 rings (SSSR count). The van der Waals surface area contributed by atoms with Crippen LogP contribution in [0.1, 0.15) is 42.7 Å². The minimum absolute atomic E-state index is 0.0959. The molecular formula is C15H21N5O2. The first kappa shape index (κ1) is 14.8. The minimum atomic E-state index is -0.406. The fourth-order valence-corrected chi connectivity index (χ4v) is 2.65. The summed E-state index contributed by atoms with van der Waals surface area (Å²) in [4.78, 5) is 19.6. The number of rotatable bonds is 5. The molecule has 0 spiro atoms. The van der Waals surface area contributed by atoms with Gasteiger partial charge in [-0.1, -0.05) is 19.0 Å². The van der Waals surface area contributed by atoms with E-state index >= 15 is 0 Å². The van der Waals surface area contributed by atoms with Gasteiger partial charge in [0.2, 0.25) is 5.91 Å². The smallest absolute Gasteiger partial charge is 0.243 e. The van der Waals surface area contributed by atoms with Crippen LogP contribution in [-0.4, -0.2) is 27.6 Å². The van der Waals surface area contributed by atoms with Gasteiger partial charge in [-0.05, 0) is 5.92 Å². The number of nitrogens with zero attached hydrogens (tertiary/aromatic N) is 2. The molecular weight excluding hydrogens is 282 g/mol. The summed E-state index contributed by atoms with van der Waals surface area (Å²) in [6, 6.07) is 1.49. The van der Waals surface area contributed by atoms with Gasteiger partial charge in [0.1, 0.15) is 17.5 Å². The van der Waals surface area contributed by atoms with Crippen LogP contribution >= 0.6 is 0 Å². The van der Waals surface area contributed by atoms with Crippen molar-refractivity contribution in [1.29, 1.82) is 0 Å². The van der Waals surface area contributed by atoms with Crippen LogP contribution in [0.2, 0.25) is 0 Å². The van der Waals surface area contributed by atoms with E-state index in [4.69, 9.17) is 4.52 Å². The van der Waals surface area contributed by atoms with Gasteiger partial charge in [0.05, 0.1) is 18.6 Å². The number of hydrogen-bond acceptors (Lipinski definition) is 5. The molecule has 0 aliphatic carbocycles. The van der Waals surface area contributed by atoms with E-state index in [0.29, 0.717) is 12.5 Å².